The van der Waals surface area contributed by atoms with Gasteiger partial charge in [-0.2, -0.15) is 0 Å². The SMILES string of the molecule is Cc1cccc(CN2C[C@H]3CNC(=O)c4ccccc4[C@@H]3C2)c1. The zero-order valence-electron chi connectivity index (χ0n) is 13.5. The van der Waals surface area contributed by atoms with Gasteiger partial charge in [-0.1, -0.05) is 48.0 Å². The van der Waals surface area contributed by atoms with Crippen molar-refractivity contribution < 1.29 is 4.79 Å². The zero-order chi connectivity index (χ0) is 15.8. The van der Waals surface area contributed by atoms with Crippen LogP contribution in [0.15, 0.2) is 48.5 Å². The van der Waals surface area contributed by atoms with E-state index in [0.717, 1.165) is 31.7 Å². The predicted molar refractivity (Wildman–Crippen MR) is 91.5 cm³/mol. The van der Waals surface area contributed by atoms with Crippen molar-refractivity contribution in [2.45, 2.75) is 19.4 Å². The van der Waals surface area contributed by atoms with Gasteiger partial charge >= 0.3 is 0 Å². The van der Waals surface area contributed by atoms with Crippen LogP contribution in [0.25, 0.3) is 0 Å². The molecule has 2 atom stereocenters. The number of likely N-dealkylation sites (tertiary alicyclic amines) is 1. The first-order valence-electron chi connectivity index (χ1n) is 8.36. The second-order valence-corrected chi connectivity index (χ2v) is 6.85. The van der Waals surface area contributed by atoms with Gasteiger partial charge in [-0.25, -0.2) is 0 Å². The fraction of sp³-hybridized carbons (Fsp3) is 0.350. The van der Waals surface area contributed by atoms with Gasteiger partial charge in [-0.05, 0) is 30.0 Å². The van der Waals surface area contributed by atoms with Gasteiger partial charge in [-0.3, -0.25) is 9.69 Å². The molecule has 0 unspecified atom stereocenters. The second-order valence-electron chi connectivity index (χ2n) is 6.85. The summed E-state index contributed by atoms with van der Waals surface area (Å²) in [6.45, 7) is 5.99. The average Bonchev–Trinajstić information content (AvgIpc) is 2.90. The summed E-state index contributed by atoms with van der Waals surface area (Å²) in [6, 6.07) is 16.8. The lowest BCUT2D eigenvalue weighted by molar-refractivity contribution is 0.0951. The summed E-state index contributed by atoms with van der Waals surface area (Å²) in [5, 5.41) is 3.10. The van der Waals surface area contributed by atoms with Gasteiger partial charge in [0, 0.05) is 37.7 Å². The molecule has 1 N–H and O–H groups in total. The van der Waals surface area contributed by atoms with Crippen LogP contribution in [0.2, 0.25) is 0 Å². The van der Waals surface area contributed by atoms with Gasteiger partial charge in [0.25, 0.3) is 5.91 Å². The van der Waals surface area contributed by atoms with Gasteiger partial charge in [0.05, 0.1) is 0 Å². The molecule has 1 saturated heterocycles. The van der Waals surface area contributed by atoms with E-state index >= 15 is 0 Å². The summed E-state index contributed by atoms with van der Waals surface area (Å²) >= 11 is 0. The highest BCUT2D eigenvalue weighted by Crippen LogP contribution is 2.36. The summed E-state index contributed by atoms with van der Waals surface area (Å²) in [6.07, 6.45) is 0. The number of rotatable bonds is 2. The highest BCUT2D eigenvalue weighted by Gasteiger charge is 2.37. The summed E-state index contributed by atoms with van der Waals surface area (Å²) in [7, 11) is 0. The van der Waals surface area contributed by atoms with Gasteiger partial charge in [-0.15, -0.1) is 0 Å². The minimum Gasteiger partial charge on any atom is -0.352 e. The Balaban J connectivity index is 1.57. The van der Waals surface area contributed by atoms with Crippen molar-refractivity contribution in [3.8, 4) is 0 Å². The highest BCUT2D eigenvalue weighted by atomic mass is 16.1. The fourth-order valence-electron chi connectivity index (χ4n) is 4.06. The third-order valence-corrected chi connectivity index (χ3v) is 5.13. The largest absolute Gasteiger partial charge is 0.352 e. The number of benzene rings is 2. The fourth-order valence-corrected chi connectivity index (χ4v) is 4.06. The summed E-state index contributed by atoms with van der Waals surface area (Å²) in [5.41, 5.74) is 4.77. The van der Waals surface area contributed by atoms with Crippen LogP contribution in [-0.2, 0) is 6.54 Å². The lowest BCUT2D eigenvalue weighted by Crippen LogP contribution is -2.29. The van der Waals surface area contributed by atoms with Crippen molar-refractivity contribution in [2.24, 2.45) is 5.92 Å². The van der Waals surface area contributed by atoms with E-state index in [9.17, 15) is 4.79 Å². The van der Waals surface area contributed by atoms with Crippen LogP contribution in [-0.4, -0.2) is 30.4 Å². The standard InChI is InChI=1S/C20H22N2O/c1-14-5-4-6-15(9-14)11-22-12-16-10-21-20(23)18-8-3-2-7-17(18)19(16)13-22/h2-9,16,19H,10-13H2,1H3,(H,21,23)/t16-,19-/m1/s1. The van der Waals surface area contributed by atoms with Crippen molar-refractivity contribution in [3.63, 3.8) is 0 Å². The van der Waals surface area contributed by atoms with Crippen LogP contribution in [0.1, 0.15) is 33.0 Å². The molecule has 3 heteroatoms. The molecule has 0 saturated carbocycles. The molecule has 0 aliphatic carbocycles. The average molecular weight is 306 g/mol. The van der Waals surface area contributed by atoms with E-state index in [1.807, 2.05) is 12.1 Å². The Hall–Kier alpha value is -2.13. The number of hydrogen-bond donors (Lipinski definition) is 1. The van der Waals surface area contributed by atoms with Crippen molar-refractivity contribution in [3.05, 3.63) is 70.8 Å². The topological polar surface area (TPSA) is 32.3 Å². The molecule has 2 aliphatic heterocycles. The lowest BCUT2D eigenvalue weighted by atomic mass is 9.87. The van der Waals surface area contributed by atoms with E-state index in [0.29, 0.717) is 11.8 Å². The van der Waals surface area contributed by atoms with E-state index in [4.69, 9.17) is 0 Å². The van der Waals surface area contributed by atoms with Crippen molar-refractivity contribution >= 4 is 5.91 Å². The van der Waals surface area contributed by atoms with E-state index in [1.54, 1.807) is 0 Å². The van der Waals surface area contributed by atoms with Crippen molar-refractivity contribution in [2.75, 3.05) is 19.6 Å². The minimum absolute atomic E-state index is 0.0836. The third kappa shape index (κ3) is 2.77. The number of amides is 1. The molecule has 118 valence electrons. The minimum atomic E-state index is 0.0836. The molecule has 1 amide bonds. The molecule has 0 bridgehead atoms. The predicted octanol–water partition coefficient (Wildman–Crippen LogP) is 2.95. The van der Waals surface area contributed by atoms with E-state index in [2.05, 4.69) is 53.5 Å². The van der Waals surface area contributed by atoms with Gasteiger partial charge in [0.1, 0.15) is 0 Å². The maximum absolute atomic E-state index is 12.2. The quantitative estimate of drug-likeness (QED) is 0.925. The Morgan fingerprint density at radius 2 is 2.00 bits per heavy atom. The first-order chi connectivity index (χ1) is 11.2. The molecule has 4 rings (SSSR count). The number of carbonyl (C=O) groups excluding carboxylic acids is 1. The maximum Gasteiger partial charge on any atom is 0.251 e. The zero-order valence-corrected chi connectivity index (χ0v) is 13.5. The third-order valence-electron chi connectivity index (χ3n) is 5.13. The maximum atomic E-state index is 12.2. The van der Waals surface area contributed by atoms with Gasteiger partial charge in [0.15, 0.2) is 0 Å². The Kier molecular flexibility index (Phi) is 3.66. The number of aryl methyl sites for hydroxylation is 1. The van der Waals surface area contributed by atoms with Crippen molar-refractivity contribution in [1.82, 2.24) is 10.2 Å². The molecule has 1 fully saturated rings. The molecular formula is C20H22N2O. The molecule has 2 heterocycles. The molecule has 0 spiro atoms. The normalized spacial score (nSPS) is 23.8. The van der Waals surface area contributed by atoms with Crippen LogP contribution in [0.3, 0.4) is 0 Å². The Labute approximate surface area is 137 Å². The molecule has 0 radical (unpaired) electrons. The van der Waals surface area contributed by atoms with Crippen LogP contribution in [0, 0.1) is 12.8 Å². The summed E-state index contributed by atoms with van der Waals surface area (Å²) < 4.78 is 0. The number of nitrogens with zero attached hydrogens (tertiary/aromatic N) is 1. The molecule has 2 aromatic carbocycles. The number of hydrogen-bond acceptors (Lipinski definition) is 2. The summed E-state index contributed by atoms with van der Waals surface area (Å²) in [4.78, 5) is 14.7. The van der Waals surface area contributed by atoms with Crippen LogP contribution in [0.4, 0.5) is 0 Å². The van der Waals surface area contributed by atoms with E-state index in [-0.39, 0.29) is 5.91 Å². The molecule has 2 aromatic rings. The van der Waals surface area contributed by atoms with Crippen LogP contribution in [0.5, 0.6) is 0 Å². The number of fused-ring (bicyclic) bond motifs is 3. The molecule has 3 nitrogen and oxygen atoms in total. The van der Waals surface area contributed by atoms with Gasteiger partial charge in [0.2, 0.25) is 0 Å². The van der Waals surface area contributed by atoms with E-state index in [1.165, 1.54) is 16.7 Å². The monoisotopic (exact) mass is 306 g/mol. The second kappa shape index (κ2) is 5.82. The Morgan fingerprint density at radius 1 is 1.13 bits per heavy atom. The number of carbonyl (C=O) groups is 1. The van der Waals surface area contributed by atoms with Gasteiger partial charge < -0.3 is 5.32 Å². The molecule has 0 aromatic heterocycles. The van der Waals surface area contributed by atoms with Crippen molar-refractivity contribution in [1.29, 1.82) is 0 Å². The highest BCUT2D eigenvalue weighted by molar-refractivity contribution is 5.96. The lowest BCUT2D eigenvalue weighted by Gasteiger charge is -2.17. The number of nitrogens with one attached hydrogen (secondary N) is 1. The smallest absolute Gasteiger partial charge is 0.251 e. The Bertz CT molecular complexity index is 740. The van der Waals surface area contributed by atoms with E-state index < -0.39 is 0 Å². The molecule has 23 heavy (non-hydrogen) atoms. The van der Waals surface area contributed by atoms with Crippen LogP contribution >= 0.6 is 0 Å². The molecule has 2 aliphatic rings. The molecular weight excluding hydrogens is 284 g/mol. The van der Waals surface area contributed by atoms with Crippen LogP contribution < -0.4 is 5.32 Å². The first-order valence-corrected chi connectivity index (χ1v) is 8.36. The Morgan fingerprint density at radius 3 is 2.87 bits per heavy atom. The summed E-state index contributed by atoms with van der Waals surface area (Å²) in [5.74, 6) is 1.04. The first kappa shape index (κ1) is 14.5.